The molecule has 8 heteroatoms. The fourth-order valence-electron chi connectivity index (χ4n) is 3.01. The summed E-state index contributed by atoms with van der Waals surface area (Å²) < 4.78 is 28.6. The molecule has 0 aliphatic rings. The van der Waals surface area contributed by atoms with Crippen molar-refractivity contribution in [1.29, 1.82) is 0 Å². The average Bonchev–Trinajstić information content (AvgIpc) is 2.68. The minimum absolute atomic E-state index is 0.0747. The Hall–Kier alpha value is -2.71. The molecule has 0 unspecified atom stereocenters. The number of aliphatic carboxylic acids is 1. The number of hydrogen-bond acceptors (Lipinski definition) is 5. The first-order valence-electron chi connectivity index (χ1n) is 9.22. The molecule has 3 aromatic carbocycles. The van der Waals surface area contributed by atoms with Crippen LogP contribution < -0.4 is 4.72 Å². The number of anilines is 1. The van der Waals surface area contributed by atoms with E-state index in [1.807, 2.05) is 20.8 Å². The quantitative estimate of drug-likeness (QED) is 0.371. The molecule has 0 amide bonds. The van der Waals surface area contributed by atoms with Gasteiger partial charge in [0.25, 0.3) is 10.0 Å². The average molecular weight is 446 g/mol. The fraction of sp³-hybridized carbons (Fsp3) is 0.227. The molecule has 0 saturated carbocycles. The maximum Gasteiger partial charge on any atom is 0.313 e. The van der Waals surface area contributed by atoms with E-state index >= 15 is 0 Å². The number of hydrogen-bond donors (Lipinski definition) is 3. The first-order chi connectivity index (χ1) is 14.0. The van der Waals surface area contributed by atoms with Crippen molar-refractivity contribution in [3.63, 3.8) is 0 Å². The number of carboxylic acid groups (broad SMARTS) is 1. The number of nitrogens with one attached hydrogen (secondary N) is 1. The van der Waals surface area contributed by atoms with Crippen LogP contribution in [0, 0.1) is 0 Å². The molecule has 3 rings (SSSR count). The highest BCUT2D eigenvalue weighted by molar-refractivity contribution is 8.00. The van der Waals surface area contributed by atoms with Crippen LogP contribution in [0.4, 0.5) is 5.69 Å². The highest BCUT2D eigenvalue weighted by atomic mass is 32.2. The zero-order valence-corrected chi connectivity index (χ0v) is 18.5. The molecule has 0 heterocycles. The number of phenolic OH excluding ortho intramolecular Hbond substituents is 1. The van der Waals surface area contributed by atoms with Crippen LogP contribution in [-0.2, 0) is 20.2 Å². The van der Waals surface area contributed by atoms with E-state index in [0.717, 1.165) is 17.3 Å². The Morgan fingerprint density at radius 1 is 1.03 bits per heavy atom. The van der Waals surface area contributed by atoms with E-state index in [-0.39, 0.29) is 32.4 Å². The second-order valence-corrected chi connectivity index (χ2v) is 10.6. The number of thioether (sulfide) groups is 1. The van der Waals surface area contributed by atoms with E-state index in [2.05, 4.69) is 4.72 Å². The standard InChI is InChI=1S/C22H23NO5S2/c1-22(2,3)14-8-10-15(11-9-14)30(27,28)23-18-12-19(29-13-20(24)25)21(26)17-7-5-4-6-16(17)18/h4-12,23,26H,13H2,1-3H3,(H,24,25). The molecule has 0 fully saturated rings. The third kappa shape index (κ3) is 4.71. The molecule has 30 heavy (non-hydrogen) atoms. The van der Waals surface area contributed by atoms with Gasteiger partial charge in [0.05, 0.1) is 21.2 Å². The van der Waals surface area contributed by atoms with Crippen molar-refractivity contribution in [3.05, 3.63) is 60.2 Å². The summed E-state index contributed by atoms with van der Waals surface area (Å²) in [6, 6.07) is 15.0. The van der Waals surface area contributed by atoms with E-state index in [0.29, 0.717) is 10.8 Å². The lowest BCUT2D eigenvalue weighted by molar-refractivity contribution is -0.133. The first-order valence-corrected chi connectivity index (χ1v) is 11.7. The van der Waals surface area contributed by atoms with Crippen LogP contribution in [0.5, 0.6) is 5.75 Å². The normalized spacial score (nSPS) is 12.1. The van der Waals surface area contributed by atoms with Gasteiger partial charge in [-0.2, -0.15) is 0 Å². The van der Waals surface area contributed by atoms with Gasteiger partial charge in [-0.05, 0) is 29.2 Å². The Balaban J connectivity index is 2.03. The molecular weight excluding hydrogens is 422 g/mol. The maximum absolute atomic E-state index is 13.0. The molecule has 0 aromatic heterocycles. The van der Waals surface area contributed by atoms with Crippen LogP contribution in [0.15, 0.2) is 64.4 Å². The highest BCUT2D eigenvalue weighted by Gasteiger charge is 2.20. The van der Waals surface area contributed by atoms with Crippen molar-refractivity contribution in [3.8, 4) is 5.75 Å². The zero-order chi connectivity index (χ0) is 22.1. The molecule has 0 saturated heterocycles. The molecule has 3 aromatic rings. The van der Waals surface area contributed by atoms with Crippen LogP contribution in [0.2, 0.25) is 0 Å². The van der Waals surface area contributed by atoms with Crippen LogP contribution in [-0.4, -0.2) is 30.4 Å². The summed E-state index contributed by atoms with van der Waals surface area (Å²) in [7, 11) is -3.89. The molecule has 158 valence electrons. The largest absolute Gasteiger partial charge is 0.506 e. The van der Waals surface area contributed by atoms with Gasteiger partial charge in [0.1, 0.15) is 5.75 Å². The fourth-order valence-corrected chi connectivity index (χ4v) is 4.80. The number of fused-ring (bicyclic) bond motifs is 1. The Labute approximate surface area is 180 Å². The van der Waals surface area contributed by atoms with Gasteiger partial charge in [-0.15, -0.1) is 11.8 Å². The number of carbonyl (C=O) groups is 1. The molecule has 0 spiro atoms. The number of benzene rings is 3. The summed E-state index contributed by atoms with van der Waals surface area (Å²) in [5, 5.41) is 20.4. The number of rotatable bonds is 6. The highest BCUT2D eigenvalue weighted by Crippen LogP contribution is 2.40. The van der Waals surface area contributed by atoms with E-state index in [1.54, 1.807) is 48.5 Å². The van der Waals surface area contributed by atoms with Crippen molar-refractivity contribution in [2.75, 3.05) is 10.5 Å². The van der Waals surface area contributed by atoms with Crippen molar-refractivity contribution in [2.45, 2.75) is 36.0 Å². The van der Waals surface area contributed by atoms with Crippen LogP contribution >= 0.6 is 11.8 Å². The molecule has 6 nitrogen and oxygen atoms in total. The van der Waals surface area contributed by atoms with Gasteiger partial charge in [-0.25, -0.2) is 8.42 Å². The second kappa shape index (κ2) is 8.20. The lowest BCUT2D eigenvalue weighted by Crippen LogP contribution is -2.15. The first kappa shape index (κ1) is 22.0. The van der Waals surface area contributed by atoms with Gasteiger partial charge in [-0.1, -0.05) is 57.2 Å². The summed E-state index contributed by atoms with van der Waals surface area (Å²) in [6.45, 7) is 6.15. The molecule has 0 aliphatic heterocycles. The lowest BCUT2D eigenvalue weighted by Gasteiger charge is -2.19. The third-order valence-corrected chi connectivity index (χ3v) is 7.00. The Bertz CT molecular complexity index is 1200. The van der Waals surface area contributed by atoms with Gasteiger partial charge >= 0.3 is 5.97 Å². The van der Waals surface area contributed by atoms with E-state index in [9.17, 15) is 18.3 Å². The Morgan fingerprint density at radius 3 is 2.20 bits per heavy atom. The van der Waals surface area contributed by atoms with E-state index < -0.39 is 16.0 Å². The zero-order valence-electron chi connectivity index (χ0n) is 16.8. The van der Waals surface area contributed by atoms with Crippen LogP contribution in [0.1, 0.15) is 26.3 Å². The monoisotopic (exact) mass is 445 g/mol. The minimum atomic E-state index is -3.89. The summed E-state index contributed by atoms with van der Waals surface area (Å²) in [5.74, 6) is -1.37. The van der Waals surface area contributed by atoms with Crippen molar-refractivity contribution < 1.29 is 23.4 Å². The lowest BCUT2D eigenvalue weighted by atomic mass is 9.87. The van der Waals surface area contributed by atoms with Crippen LogP contribution in [0.3, 0.4) is 0 Å². The number of carboxylic acids is 1. The minimum Gasteiger partial charge on any atom is -0.506 e. The molecule has 0 bridgehead atoms. The van der Waals surface area contributed by atoms with Gasteiger partial charge in [0, 0.05) is 10.8 Å². The summed E-state index contributed by atoms with van der Waals surface area (Å²) in [4.78, 5) is 11.3. The van der Waals surface area contributed by atoms with Gasteiger partial charge in [0.2, 0.25) is 0 Å². The smallest absolute Gasteiger partial charge is 0.313 e. The van der Waals surface area contributed by atoms with E-state index in [4.69, 9.17) is 5.11 Å². The molecule has 0 atom stereocenters. The van der Waals surface area contributed by atoms with Crippen molar-refractivity contribution >= 4 is 44.2 Å². The third-order valence-electron chi connectivity index (χ3n) is 4.61. The SMILES string of the molecule is CC(C)(C)c1ccc(S(=O)(=O)Nc2cc(SCC(=O)O)c(O)c3ccccc23)cc1. The Kier molecular flexibility index (Phi) is 6.01. The molecule has 0 radical (unpaired) electrons. The van der Waals surface area contributed by atoms with Gasteiger partial charge < -0.3 is 10.2 Å². The van der Waals surface area contributed by atoms with Gasteiger partial charge in [-0.3, -0.25) is 9.52 Å². The van der Waals surface area contributed by atoms with Crippen molar-refractivity contribution in [2.24, 2.45) is 0 Å². The summed E-state index contributed by atoms with van der Waals surface area (Å²) in [6.07, 6.45) is 0. The number of phenols is 1. The van der Waals surface area contributed by atoms with Crippen molar-refractivity contribution in [1.82, 2.24) is 0 Å². The second-order valence-electron chi connectivity index (χ2n) is 7.88. The van der Waals surface area contributed by atoms with Gasteiger partial charge in [0.15, 0.2) is 0 Å². The Morgan fingerprint density at radius 2 is 1.63 bits per heavy atom. The summed E-state index contributed by atoms with van der Waals surface area (Å²) in [5.41, 5.74) is 1.19. The van der Waals surface area contributed by atoms with E-state index in [1.165, 1.54) is 6.07 Å². The molecular formula is C22H23NO5S2. The predicted molar refractivity (Wildman–Crippen MR) is 120 cm³/mol. The molecule has 3 N–H and O–H groups in total. The molecule has 0 aliphatic carbocycles. The van der Waals surface area contributed by atoms with Crippen LogP contribution in [0.25, 0.3) is 10.8 Å². The number of sulfonamides is 1. The topological polar surface area (TPSA) is 104 Å². The predicted octanol–water partition coefficient (Wildman–Crippen LogP) is 4.82. The number of aromatic hydroxyl groups is 1. The summed E-state index contributed by atoms with van der Waals surface area (Å²) >= 11 is 0.926. The maximum atomic E-state index is 13.0.